The predicted octanol–water partition coefficient (Wildman–Crippen LogP) is 4.16. The van der Waals surface area contributed by atoms with Gasteiger partial charge in [0.25, 0.3) is 0 Å². The molecule has 3 nitrogen and oxygen atoms in total. The highest BCUT2D eigenvalue weighted by Crippen LogP contribution is 2.23. The highest BCUT2D eigenvalue weighted by molar-refractivity contribution is 6.31. The molecule has 0 amide bonds. The van der Waals surface area contributed by atoms with Crippen LogP contribution in [0.2, 0.25) is 5.02 Å². The maximum atomic E-state index is 6.09. The van der Waals surface area contributed by atoms with Crippen molar-refractivity contribution >= 4 is 23.2 Å². The van der Waals surface area contributed by atoms with Gasteiger partial charge in [-0.05, 0) is 53.7 Å². The van der Waals surface area contributed by atoms with Crippen LogP contribution in [0.25, 0.3) is 0 Å². The van der Waals surface area contributed by atoms with Gasteiger partial charge in [-0.25, -0.2) is 4.98 Å². The first-order chi connectivity index (χ1) is 7.55. The number of halogens is 1. The lowest BCUT2D eigenvalue weighted by molar-refractivity contribution is 0.624. The van der Waals surface area contributed by atoms with E-state index in [1.165, 1.54) is 0 Å². The molecule has 1 heterocycles. The molecule has 0 aliphatic rings. The topological polar surface area (TPSA) is 37.0 Å². The Morgan fingerprint density at radius 1 is 0.882 bits per heavy atom. The average molecular weight is 256 g/mol. The summed E-state index contributed by atoms with van der Waals surface area (Å²) >= 11 is 6.09. The Morgan fingerprint density at radius 2 is 1.24 bits per heavy atom. The van der Waals surface area contributed by atoms with Crippen LogP contribution in [0.5, 0.6) is 0 Å². The molecule has 0 unspecified atom stereocenters. The summed E-state index contributed by atoms with van der Waals surface area (Å²) in [5.74, 6) is 1.58. The zero-order valence-electron chi connectivity index (χ0n) is 11.5. The largest absolute Gasteiger partial charge is 0.365 e. The molecule has 0 bridgehead atoms. The van der Waals surface area contributed by atoms with Gasteiger partial charge in [-0.3, -0.25) is 0 Å². The van der Waals surface area contributed by atoms with Gasteiger partial charge in [-0.15, -0.1) is 0 Å². The first-order valence-electron chi connectivity index (χ1n) is 5.79. The molecule has 17 heavy (non-hydrogen) atoms. The van der Waals surface area contributed by atoms with E-state index in [4.69, 9.17) is 11.6 Å². The summed E-state index contributed by atoms with van der Waals surface area (Å²) in [4.78, 5) is 4.50. The maximum absolute atomic E-state index is 6.09. The zero-order valence-corrected chi connectivity index (χ0v) is 12.2. The Bertz CT molecular complexity index is 354. The van der Waals surface area contributed by atoms with E-state index in [-0.39, 0.29) is 11.1 Å². The molecular weight excluding hydrogens is 234 g/mol. The van der Waals surface area contributed by atoms with E-state index >= 15 is 0 Å². The molecule has 2 N–H and O–H groups in total. The number of nitrogens with zero attached hydrogens (tertiary/aromatic N) is 1. The Morgan fingerprint density at radius 3 is 1.53 bits per heavy atom. The SMILES string of the molecule is CC(C)(C)Nc1cc(Cl)cc(NC(C)(C)C)n1. The van der Waals surface area contributed by atoms with Crippen LogP contribution in [0.3, 0.4) is 0 Å². The Labute approximate surface area is 109 Å². The van der Waals surface area contributed by atoms with Crippen molar-refractivity contribution in [3.8, 4) is 0 Å². The summed E-state index contributed by atoms with van der Waals surface area (Å²) in [6.45, 7) is 12.5. The van der Waals surface area contributed by atoms with Gasteiger partial charge in [-0.1, -0.05) is 11.6 Å². The van der Waals surface area contributed by atoms with Gasteiger partial charge in [0.1, 0.15) is 11.6 Å². The molecule has 0 aliphatic heterocycles. The van der Waals surface area contributed by atoms with Crippen LogP contribution < -0.4 is 10.6 Å². The molecule has 0 atom stereocenters. The molecule has 1 aromatic rings. The van der Waals surface area contributed by atoms with Gasteiger partial charge in [0.2, 0.25) is 0 Å². The second-order valence-corrected chi connectivity index (χ2v) is 6.74. The molecule has 0 saturated carbocycles. The van der Waals surface area contributed by atoms with Crippen LogP contribution in [0, 0.1) is 0 Å². The molecule has 0 aliphatic carbocycles. The predicted molar refractivity (Wildman–Crippen MR) is 76.0 cm³/mol. The fraction of sp³-hybridized carbons (Fsp3) is 0.615. The molecule has 0 saturated heterocycles. The lowest BCUT2D eigenvalue weighted by Crippen LogP contribution is -2.28. The zero-order chi connectivity index (χ0) is 13.3. The first-order valence-corrected chi connectivity index (χ1v) is 6.17. The van der Waals surface area contributed by atoms with Crippen molar-refractivity contribution in [3.63, 3.8) is 0 Å². The van der Waals surface area contributed by atoms with E-state index in [1.54, 1.807) is 0 Å². The second kappa shape index (κ2) is 4.73. The minimum Gasteiger partial charge on any atom is -0.365 e. The summed E-state index contributed by atoms with van der Waals surface area (Å²) in [6, 6.07) is 3.67. The molecule has 1 aromatic heterocycles. The van der Waals surface area contributed by atoms with Gasteiger partial charge >= 0.3 is 0 Å². The van der Waals surface area contributed by atoms with Gasteiger partial charge in [0, 0.05) is 16.1 Å². The van der Waals surface area contributed by atoms with E-state index in [0.717, 1.165) is 11.6 Å². The molecule has 0 spiro atoms. The lowest BCUT2D eigenvalue weighted by Gasteiger charge is -2.24. The Balaban J connectivity index is 2.95. The molecule has 0 radical (unpaired) electrons. The van der Waals surface area contributed by atoms with Crippen molar-refractivity contribution in [2.24, 2.45) is 0 Å². The van der Waals surface area contributed by atoms with Crippen molar-refractivity contribution in [2.75, 3.05) is 10.6 Å². The highest BCUT2D eigenvalue weighted by Gasteiger charge is 2.14. The normalized spacial score (nSPS) is 12.4. The van der Waals surface area contributed by atoms with Crippen LogP contribution in [0.1, 0.15) is 41.5 Å². The number of aromatic nitrogens is 1. The average Bonchev–Trinajstić information content (AvgIpc) is 1.93. The van der Waals surface area contributed by atoms with E-state index in [0.29, 0.717) is 5.02 Å². The fourth-order valence-corrected chi connectivity index (χ4v) is 1.60. The minimum absolute atomic E-state index is 0.0311. The summed E-state index contributed by atoms with van der Waals surface area (Å²) in [6.07, 6.45) is 0. The van der Waals surface area contributed by atoms with Crippen LogP contribution in [0.15, 0.2) is 12.1 Å². The van der Waals surface area contributed by atoms with Crippen LogP contribution in [0.4, 0.5) is 11.6 Å². The fourth-order valence-electron chi connectivity index (χ4n) is 1.39. The van der Waals surface area contributed by atoms with Crippen molar-refractivity contribution in [1.82, 2.24) is 4.98 Å². The van der Waals surface area contributed by atoms with Gasteiger partial charge < -0.3 is 10.6 Å². The third kappa shape index (κ3) is 5.78. The van der Waals surface area contributed by atoms with E-state index in [2.05, 4.69) is 57.2 Å². The monoisotopic (exact) mass is 255 g/mol. The van der Waals surface area contributed by atoms with E-state index in [9.17, 15) is 0 Å². The summed E-state index contributed by atoms with van der Waals surface area (Å²) in [7, 11) is 0. The highest BCUT2D eigenvalue weighted by atomic mass is 35.5. The van der Waals surface area contributed by atoms with Gasteiger partial charge in [0.15, 0.2) is 0 Å². The third-order valence-corrected chi connectivity index (χ3v) is 2.01. The minimum atomic E-state index is -0.0311. The van der Waals surface area contributed by atoms with Crippen LogP contribution in [-0.4, -0.2) is 16.1 Å². The van der Waals surface area contributed by atoms with Gasteiger partial charge in [0.05, 0.1) is 0 Å². The van der Waals surface area contributed by atoms with Crippen molar-refractivity contribution in [1.29, 1.82) is 0 Å². The van der Waals surface area contributed by atoms with Crippen LogP contribution >= 0.6 is 11.6 Å². The molecule has 1 rings (SSSR count). The van der Waals surface area contributed by atoms with Gasteiger partial charge in [-0.2, -0.15) is 0 Å². The molecular formula is C13H22ClN3. The number of nitrogens with one attached hydrogen (secondary N) is 2. The third-order valence-electron chi connectivity index (χ3n) is 1.80. The van der Waals surface area contributed by atoms with Crippen LogP contribution in [-0.2, 0) is 0 Å². The summed E-state index contributed by atoms with van der Waals surface area (Å²) < 4.78 is 0. The number of hydrogen-bond donors (Lipinski definition) is 2. The standard InChI is InChI=1S/C13H22ClN3/c1-12(2,3)16-10-7-9(14)8-11(15-10)17-13(4,5)6/h7-8H,1-6H3,(H2,15,16,17). The van der Waals surface area contributed by atoms with E-state index < -0.39 is 0 Å². The van der Waals surface area contributed by atoms with Crippen molar-refractivity contribution in [2.45, 2.75) is 52.6 Å². The number of hydrogen-bond acceptors (Lipinski definition) is 3. The summed E-state index contributed by atoms with van der Waals surface area (Å²) in [5, 5.41) is 7.30. The molecule has 4 heteroatoms. The number of pyridine rings is 1. The van der Waals surface area contributed by atoms with Crippen molar-refractivity contribution < 1.29 is 0 Å². The lowest BCUT2D eigenvalue weighted by atomic mass is 10.1. The summed E-state index contributed by atoms with van der Waals surface area (Å²) in [5.41, 5.74) is -0.0621. The quantitative estimate of drug-likeness (QED) is 0.833. The second-order valence-electron chi connectivity index (χ2n) is 6.31. The molecule has 0 aromatic carbocycles. The number of anilines is 2. The Kier molecular flexibility index (Phi) is 3.92. The maximum Gasteiger partial charge on any atom is 0.130 e. The number of rotatable bonds is 2. The molecule has 0 fully saturated rings. The molecule has 96 valence electrons. The Hall–Kier alpha value is -0.960. The van der Waals surface area contributed by atoms with E-state index in [1.807, 2.05) is 12.1 Å². The smallest absolute Gasteiger partial charge is 0.130 e. The van der Waals surface area contributed by atoms with Crippen molar-refractivity contribution in [3.05, 3.63) is 17.2 Å². The first kappa shape index (κ1) is 14.1.